The van der Waals surface area contributed by atoms with Crippen LogP contribution in [-0.2, 0) is 13.0 Å². The molecule has 0 saturated carbocycles. The maximum Gasteiger partial charge on any atom is 0.251 e. The van der Waals surface area contributed by atoms with Gasteiger partial charge in [0.05, 0.1) is 6.54 Å². The van der Waals surface area contributed by atoms with E-state index < -0.39 is 0 Å². The van der Waals surface area contributed by atoms with E-state index in [0.717, 1.165) is 17.7 Å². The van der Waals surface area contributed by atoms with Crippen molar-refractivity contribution in [1.29, 1.82) is 0 Å². The molecule has 2 aromatic rings. The maximum atomic E-state index is 11.7. The van der Waals surface area contributed by atoms with Crippen LogP contribution < -0.4 is 20.7 Å². The average Bonchev–Trinajstić information content (AvgIpc) is 3.10. The number of nitrogens with one attached hydrogen (secondary N) is 3. The standard InChI is InChI=1S/C20H24N4O2/c1-21-19(25)16-8-5-6-14(10-16)12-23-20(22-2)24-13-17-11-15-7-3-4-9-18(15)26-17/h3-10,17H,11-13H2,1-2H3,(H,21,25)(H2,22,23,24). The zero-order valence-electron chi connectivity index (χ0n) is 15.1. The molecule has 0 saturated heterocycles. The summed E-state index contributed by atoms with van der Waals surface area (Å²) in [5.74, 6) is 1.58. The molecular formula is C20H24N4O2. The Morgan fingerprint density at radius 1 is 1.19 bits per heavy atom. The first-order chi connectivity index (χ1) is 12.7. The molecule has 1 atom stereocenters. The fraction of sp³-hybridized carbons (Fsp3) is 0.300. The lowest BCUT2D eigenvalue weighted by atomic mass is 10.1. The largest absolute Gasteiger partial charge is 0.488 e. The van der Waals surface area contributed by atoms with Crippen LogP contribution in [0.15, 0.2) is 53.5 Å². The average molecular weight is 352 g/mol. The summed E-state index contributed by atoms with van der Waals surface area (Å²) in [6.07, 6.45) is 0.997. The first-order valence-electron chi connectivity index (χ1n) is 8.69. The molecule has 6 nitrogen and oxygen atoms in total. The highest BCUT2D eigenvalue weighted by Crippen LogP contribution is 2.27. The first-order valence-corrected chi connectivity index (χ1v) is 8.69. The second kappa shape index (κ2) is 8.38. The van der Waals surface area contributed by atoms with Crippen molar-refractivity contribution >= 4 is 11.9 Å². The van der Waals surface area contributed by atoms with E-state index in [1.165, 1.54) is 5.56 Å². The van der Waals surface area contributed by atoms with Gasteiger partial charge in [0.25, 0.3) is 5.91 Å². The van der Waals surface area contributed by atoms with Gasteiger partial charge in [-0.1, -0.05) is 30.3 Å². The van der Waals surface area contributed by atoms with Crippen LogP contribution in [0.2, 0.25) is 0 Å². The first kappa shape index (κ1) is 17.8. The summed E-state index contributed by atoms with van der Waals surface area (Å²) in [4.78, 5) is 16.0. The van der Waals surface area contributed by atoms with Gasteiger partial charge in [-0.05, 0) is 29.3 Å². The van der Waals surface area contributed by atoms with Crippen molar-refractivity contribution < 1.29 is 9.53 Å². The number of nitrogens with zero attached hydrogens (tertiary/aromatic N) is 1. The third-order valence-corrected chi connectivity index (χ3v) is 4.31. The lowest BCUT2D eigenvalue weighted by Gasteiger charge is -2.16. The van der Waals surface area contributed by atoms with Crippen LogP contribution in [0, 0.1) is 0 Å². The topological polar surface area (TPSA) is 74.8 Å². The molecule has 6 heteroatoms. The van der Waals surface area contributed by atoms with Crippen molar-refractivity contribution in [2.75, 3.05) is 20.6 Å². The van der Waals surface area contributed by atoms with Crippen LogP contribution in [0.1, 0.15) is 21.5 Å². The van der Waals surface area contributed by atoms with Gasteiger partial charge in [0.1, 0.15) is 11.9 Å². The molecule has 136 valence electrons. The molecule has 0 bridgehead atoms. The van der Waals surface area contributed by atoms with Crippen molar-refractivity contribution in [1.82, 2.24) is 16.0 Å². The predicted octanol–water partition coefficient (Wildman–Crippen LogP) is 1.71. The zero-order chi connectivity index (χ0) is 18.4. The van der Waals surface area contributed by atoms with Gasteiger partial charge in [0, 0.05) is 32.6 Å². The minimum Gasteiger partial charge on any atom is -0.488 e. The maximum absolute atomic E-state index is 11.7. The minimum atomic E-state index is -0.0905. The van der Waals surface area contributed by atoms with E-state index >= 15 is 0 Å². The number of fused-ring (bicyclic) bond motifs is 1. The normalized spacial score (nSPS) is 15.8. The van der Waals surface area contributed by atoms with Crippen LogP contribution in [0.3, 0.4) is 0 Å². The highest BCUT2D eigenvalue weighted by atomic mass is 16.5. The number of rotatable bonds is 5. The summed E-state index contributed by atoms with van der Waals surface area (Å²) < 4.78 is 5.93. The third-order valence-electron chi connectivity index (χ3n) is 4.31. The van der Waals surface area contributed by atoms with Crippen LogP contribution in [-0.4, -0.2) is 38.6 Å². The number of amides is 1. The monoisotopic (exact) mass is 352 g/mol. The number of guanidine groups is 1. The van der Waals surface area contributed by atoms with E-state index in [4.69, 9.17) is 4.74 Å². The summed E-state index contributed by atoms with van der Waals surface area (Å²) in [7, 11) is 3.36. The van der Waals surface area contributed by atoms with Gasteiger partial charge in [0.15, 0.2) is 5.96 Å². The van der Waals surface area contributed by atoms with Crippen molar-refractivity contribution in [3.63, 3.8) is 0 Å². The number of benzene rings is 2. The van der Waals surface area contributed by atoms with E-state index in [1.807, 2.05) is 36.4 Å². The fourth-order valence-corrected chi connectivity index (χ4v) is 2.95. The molecule has 0 spiro atoms. The minimum absolute atomic E-state index is 0.0905. The molecule has 0 aromatic heterocycles. The van der Waals surface area contributed by atoms with E-state index in [0.29, 0.717) is 24.6 Å². The molecule has 1 amide bonds. The zero-order valence-corrected chi connectivity index (χ0v) is 15.1. The summed E-state index contributed by atoms with van der Waals surface area (Å²) in [6, 6.07) is 15.6. The molecule has 1 aliphatic heterocycles. The van der Waals surface area contributed by atoms with Crippen LogP contribution in [0.25, 0.3) is 0 Å². The van der Waals surface area contributed by atoms with Crippen LogP contribution >= 0.6 is 0 Å². The van der Waals surface area contributed by atoms with E-state index in [-0.39, 0.29) is 12.0 Å². The lowest BCUT2D eigenvalue weighted by molar-refractivity contribution is 0.0963. The number of ether oxygens (including phenoxy) is 1. The van der Waals surface area contributed by atoms with Crippen LogP contribution in [0.4, 0.5) is 0 Å². The molecular weight excluding hydrogens is 328 g/mol. The van der Waals surface area contributed by atoms with Gasteiger partial charge in [-0.3, -0.25) is 9.79 Å². The van der Waals surface area contributed by atoms with Gasteiger partial charge in [-0.2, -0.15) is 0 Å². The van der Waals surface area contributed by atoms with Crippen molar-refractivity contribution in [3.8, 4) is 5.75 Å². The summed E-state index contributed by atoms with van der Waals surface area (Å²) in [6.45, 7) is 1.25. The van der Waals surface area contributed by atoms with Crippen molar-refractivity contribution in [2.45, 2.75) is 19.1 Å². The van der Waals surface area contributed by atoms with Gasteiger partial charge in [-0.25, -0.2) is 0 Å². The molecule has 0 aliphatic carbocycles. The van der Waals surface area contributed by atoms with Crippen LogP contribution in [0.5, 0.6) is 5.75 Å². The Balaban J connectivity index is 1.49. The second-order valence-corrected chi connectivity index (χ2v) is 6.14. The molecule has 1 unspecified atom stereocenters. The Kier molecular flexibility index (Phi) is 5.73. The van der Waals surface area contributed by atoms with Gasteiger partial charge >= 0.3 is 0 Å². The molecule has 1 heterocycles. The van der Waals surface area contributed by atoms with Gasteiger partial charge < -0.3 is 20.7 Å². The highest BCUT2D eigenvalue weighted by molar-refractivity contribution is 5.94. The Morgan fingerprint density at radius 3 is 2.81 bits per heavy atom. The Labute approximate surface area is 153 Å². The molecule has 26 heavy (non-hydrogen) atoms. The number of para-hydroxylation sites is 1. The summed E-state index contributed by atoms with van der Waals surface area (Å²) in [5, 5.41) is 9.20. The molecule has 2 aromatic carbocycles. The quantitative estimate of drug-likeness (QED) is 0.566. The lowest BCUT2D eigenvalue weighted by Crippen LogP contribution is -2.41. The van der Waals surface area contributed by atoms with Gasteiger partial charge in [0.2, 0.25) is 0 Å². The van der Waals surface area contributed by atoms with Crippen molar-refractivity contribution in [3.05, 3.63) is 65.2 Å². The number of hydrogen-bond donors (Lipinski definition) is 3. The van der Waals surface area contributed by atoms with E-state index in [9.17, 15) is 4.79 Å². The van der Waals surface area contributed by atoms with Crippen molar-refractivity contribution in [2.24, 2.45) is 4.99 Å². The molecule has 1 aliphatic rings. The highest BCUT2D eigenvalue weighted by Gasteiger charge is 2.22. The summed E-state index contributed by atoms with van der Waals surface area (Å²) >= 11 is 0. The summed E-state index contributed by atoms with van der Waals surface area (Å²) in [5.41, 5.74) is 2.90. The number of hydrogen-bond acceptors (Lipinski definition) is 3. The van der Waals surface area contributed by atoms with E-state index in [2.05, 4.69) is 27.0 Å². The molecule has 3 N–H and O–H groups in total. The third kappa shape index (κ3) is 4.33. The second-order valence-electron chi connectivity index (χ2n) is 6.14. The fourth-order valence-electron chi connectivity index (χ4n) is 2.95. The Morgan fingerprint density at radius 2 is 2.04 bits per heavy atom. The smallest absolute Gasteiger partial charge is 0.251 e. The molecule has 0 fully saturated rings. The number of carbonyl (C=O) groups excluding carboxylic acids is 1. The Bertz CT molecular complexity index is 779. The van der Waals surface area contributed by atoms with Gasteiger partial charge in [-0.15, -0.1) is 0 Å². The Hall–Kier alpha value is -3.02. The predicted molar refractivity (Wildman–Crippen MR) is 103 cm³/mol. The molecule has 0 radical (unpaired) electrons. The molecule has 3 rings (SSSR count). The number of carbonyl (C=O) groups is 1. The van der Waals surface area contributed by atoms with E-state index in [1.54, 1.807) is 20.2 Å². The SMILES string of the molecule is CN=C(NCc1cccc(C(=O)NC)c1)NCC1Cc2ccccc2O1. The number of aliphatic imine (C=N–C) groups is 1.